The van der Waals surface area contributed by atoms with Crippen molar-refractivity contribution in [3.8, 4) is 0 Å². The van der Waals surface area contributed by atoms with E-state index in [1.54, 1.807) is 11.1 Å². The molecule has 182 valence electrons. The van der Waals surface area contributed by atoms with Gasteiger partial charge in [-0.3, -0.25) is 0 Å². The number of likely N-dealkylation sites (tertiary alicyclic amines) is 1. The van der Waals surface area contributed by atoms with Gasteiger partial charge in [0.15, 0.2) is 0 Å². The molecule has 1 aliphatic carbocycles. The lowest BCUT2D eigenvalue weighted by molar-refractivity contribution is 0.258. The lowest BCUT2D eigenvalue weighted by atomic mass is 9.86. The van der Waals surface area contributed by atoms with Gasteiger partial charge < -0.3 is 4.90 Å². The molecule has 3 aromatic carbocycles. The van der Waals surface area contributed by atoms with E-state index in [0.717, 1.165) is 12.8 Å². The molecule has 0 N–H and O–H groups in total. The van der Waals surface area contributed by atoms with Crippen molar-refractivity contribution in [3.63, 3.8) is 0 Å². The van der Waals surface area contributed by atoms with Gasteiger partial charge in [-0.05, 0) is 95.3 Å². The van der Waals surface area contributed by atoms with E-state index in [1.807, 2.05) is 11.8 Å². The Morgan fingerprint density at radius 3 is 1.86 bits per heavy atom. The van der Waals surface area contributed by atoms with Crippen LogP contribution in [-0.2, 0) is 18.3 Å². The highest BCUT2D eigenvalue weighted by molar-refractivity contribution is 7.99. The Hall–Kier alpha value is -2.29. The van der Waals surface area contributed by atoms with Crippen LogP contribution < -0.4 is 0 Å². The van der Waals surface area contributed by atoms with Crippen molar-refractivity contribution in [2.75, 3.05) is 25.4 Å². The highest BCUT2D eigenvalue weighted by Gasteiger charge is 2.23. The number of aryl methyl sites for hydroxylation is 2. The smallest absolute Gasteiger partial charge is 0.00721 e. The Kier molecular flexibility index (Phi) is 7.51. The van der Waals surface area contributed by atoms with Gasteiger partial charge in [-0.1, -0.05) is 87.0 Å². The maximum absolute atomic E-state index is 2.68. The molecule has 5 rings (SSSR count). The average Bonchev–Trinajstić information content (AvgIpc) is 3.04. The predicted octanol–water partition coefficient (Wildman–Crippen LogP) is 8.16. The number of thioether (sulfide) groups is 1. The van der Waals surface area contributed by atoms with Crippen molar-refractivity contribution >= 4 is 17.3 Å². The lowest BCUT2D eigenvalue weighted by Crippen LogP contribution is -2.32. The molecule has 0 radical (unpaired) electrons. The normalized spacial score (nSPS) is 16.5. The molecule has 1 heterocycles. The first-order chi connectivity index (χ1) is 17.0. The summed E-state index contributed by atoms with van der Waals surface area (Å²) in [5.74, 6) is 1.19. The summed E-state index contributed by atoms with van der Waals surface area (Å²) in [4.78, 5) is 4.08. The summed E-state index contributed by atoms with van der Waals surface area (Å²) >= 11 is 2.00. The van der Waals surface area contributed by atoms with Crippen molar-refractivity contribution in [1.82, 2.24) is 4.90 Å². The van der Waals surface area contributed by atoms with E-state index in [2.05, 4.69) is 98.5 Å². The third-order valence-electron chi connectivity index (χ3n) is 7.66. The summed E-state index contributed by atoms with van der Waals surface area (Å²) in [6.45, 7) is 10.4. The van der Waals surface area contributed by atoms with Crippen LogP contribution in [0.5, 0.6) is 0 Å². The number of hydrogen-bond acceptors (Lipinski definition) is 2. The van der Waals surface area contributed by atoms with Crippen LogP contribution in [0.3, 0.4) is 0 Å². The van der Waals surface area contributed by atoms with Gasteiger partial charge in [-0.2, -0.15) is 0 Å². The molecule has 2 heteroatoms. The average molecular weight is 482 g/mol. The zero-order chi connectivity index (χ0) is 24.3. The van der Waals surface area contributed by atoms with E-state index in [9.17, 15) is 0 Å². The Bertz CT molecular complexity index is 1120. The van der Waals surface area contributed by atoms with Gasteiger partial charge in [0.05, 0.1) is 0 Å². The molecule has 0 unspecified atom stereocenters. The van der Waals surface area contributed by atoms with E-state index < -0.39 is 0 Å². The first-order valence-corrected chi connectivity index (χ1v) is 14.3. The number of nitrogens with zero attached hydrogens (tertiary/aromatic N) is 1. The molecule has 1 fully saturated rings. The summed E-state index contributed by atoms with van der Waals surface area (Å²) in [6.07, 6.45) is 5.93. The van der Waals surface area contributed by atoms with Gasteiger partial charge in [0.1, 0.15) is 0 Å². The fourth-order valence-electron chi connectivity index (χ4n) is 5.59. The molecule has 0 atom stereocenters. The second-order valence-electron chi connectivity index (χ2n) is 11.1. The second-order valence-corrected chi connectivity index (χ2v) is 12.3. The first kappa shape index (κ1) is 24.4. The Labute approximate surface area is 216 Å². The van der Waals surface area contributed by atoms with Gasteiger partial charge in [0.25, 0.3) is 0 Å². The van der Waals surface area contributed by atoms with E-state index in [1.165, 1.54) is 77.4 Å². The molecule has 0 aromatic heterocycles. The SMILES string of the molecule is CC(C)(C)c1ccc(SCCCN2CCC(=C3c4ccccc4CCc4ccccc43)CC2)cc1. The minimum absolute atomic E-state index is 0.229. The molecule has 0 amide bonds. The Balaban J connectivity index is 1.20. The number of hydrogen-bond donors (Lipinski definition) is 0. The highest BCUT2D eigenvalue weighted by atomic mass is 32.2. The van der Waals surface area contributed by atoms with Crippen molar-refractivity contribution in [2.45, 2.75) is 63.2 Å². The molecule has 35 heavy (non-hydrogen) atoms. The van der Waals surface area contributed by atoms with Gasteiger partial charge >= 0.3 is 0 Å². The summed E-state index contributed by atoms with van der Waals surface area (Å²) in [5.41, 5.74) is 10.8. The largest absolute Gasteiger partial charge is 0.303 e. The monoisotopic (exact) mass is 481 g/mol. The van der Waals surface area contributed by atoms with Crippen molar-refractivity contribution in [1.29, 1.82) is 0 Å². The third-order valence-corrected chi connectivity index (χ3v) is 8.76. The highest BCUT2D eigenvalue weighted by Crippen LogP contribution is 2.38. The third kappa shape index (κ3) is 5.76. The van der Waals surface area contributed by atoms with Crippen LogP contribution in [0.1, 0.15) is 67.9 Å². The lowest BCUT2D eigenvalue weighted by Gasteiger charge is -2.30. The molecule has 1 nitrogen and oxygen atoms in total. The summed E-state index contributed by atoms with van der Waals surface area (Å²) in [7, 11) is 0. The van der Waals surface area contributed by atoms with E-state index in [0.29, 0.717) is 0 Å². The number of piperidine rings is 1. The fourth-order valence-corrected chi connectivity index (χ4v) is 6.42. The molecule has 0 bridgehead atoms. The Morgan fingerprint density at radius 2 is 1.29 bits per heavy atom. The quantitative estimate of drug-likeness (QED) is 0.267. The van der Waals surface area contributed by atoms with Crippen LogP contribution in [0.25, 0.3) is 5.57 Å². The maximum atomic E-state index is 2.68. The number of fused-ring (bicyclic) bond motifs is 2. The zero-order valence-electron chi connectivity index (χ0n) is 21.6. The fraction of sp³-hybridized carbons (Fsp3) is 0.394. The van der Waals surface area contributed by atoms with Gasteiger partial charge in [0, 0.05) is 18.0 Å². The van der Waals surface area contributed by atoms with Gasteiger partial charge in [0.2, 0.25) is 0 Å². The second kappa shape index (κ2) is 10.8. The molecular weight excluding hydrogens is 442 g/mol. The summed E-state index contributed by atoms with van der Waals surface area (Å²) in [6, 6.07) is 27.4. The minimum atomic E-state index is 0.229. The Morgan fingerprint density at radius 1 is 0.714 bits per heavy atom. The van der Waals surface area contributed by atoms with Crippen LogP contribution in [0, 0.1) is 0 Å². The van der Waals surface area contributed by atoms with Crippen LogP contribution in [0.2, 0.25) is 0 Å². The van der Waals surface area contributed by atoms with Gasteiger partial charge in [-0.15, -0.1) is 11.8 Å². The molecule has 0 spiro atoms. The minimum Gasteiger partial charge on any atom is -0.303 e. The van der Waals surface area contributed by atoms with Crippen molar-refractivity contribution < 1.29 is 0 Å². The number of rotatable bonds is 5. The molecule has 3 aromatic rings. The van der Waals surface area contributed by atoms with Crippen LogP contribution in [0.4, 0.5) is 0 Å². The molecular formula is C33H39NS. The molecule has 2 aliphatic rings. The summed E-state index contributed by atoms with van der Waals surface area (Å²) < 4.78 is 0. The maximum Gasteiger partial charge on any atom is 0.00721 e. The standard InChI is InChI=1S/C33H39NS/c1-33(2,3)28-15-17-29(18-16-28)35-24-8-21-34-22-19-27(20-23-34)32-30-11-6-4-9-25(30)13-14-26-10-5-7-12-31(26)32/h4-7,9-12,15-18H,8,13-14,19-24H2,1-3H3. The summed E-state index contributed by atoms with van der Waals surface area (Å²) in [5, 5.41) is 0. The first-order valence-electron chi connectivity index (χ1n) is 13.3. The van der Waals surface area contributed by atoms with Crippen LogP contribution >= 0.6 is 11.8 Å². The molecule has 1 saturated heterocycles. The number of benzene rings is 3. The van der Waals surface area contributed by atoms with E-state index in [-0.39, 0.29) is 5.41 Å². The van der Waals surface area contributed by atoms with Crippen LogP contribution in [-0.4, -0.2) is 30.3 Å². The molecule has 1 aliphatic heterocycles. The van der Waals surface area contributed by atoms with Crippen molar-refractivity contribution in [2.24, 2.45) is 0 Å². The zero-order valence-corrected chi connectivity index (χ0v) is 22.5. The molecule has 0 saturated carbocycles. The van der Waals surface area contributed by atoms with Crippen molar-refractivity contribution in [3.05, 3.63) is 106 Å². The van der Waals surface area contributed by atoms with Crippen LogP contribution in [0.15, 0.2) is 83.3 Å². The predicted molar refractivity (Wildman–Crippen MR) is 152 cm³/mol. The van der Waals surface area contributed by atoms with E-state index >= 15 is 0 Å². The van der Waals surface area contributed by atoms with Gasteiger partial charge in [-0.25, -0.2) is 0 Å². The van der Waals surface area contributed by atoms with E-state index in [4.69, 9.17) is 0 Å². The topological polar surface area (TPSA) is 3.24 Å².